The Kier molecular flexibility index (Phi) is 6.52. The number of nitrogens with zero attached hydrogens (tertiary/aromatic N) is 1. The summed E-state index contributed by atoms with van der Waals surface area (Å²) in [6.45, 7) is 1.51. The van der Waals surface area contributed by atoms with Gasteiger partial charge in [0.15, 0.2) is 6.61 Å². The minimum Gasteiger partial charge on any atom is -0.508 e. The zero-order chi connectivity index (χ0) is 18.4. The number of para-hydroxylation sites is 1. The molecule has 1 fully saturated rings. The number of phenolic OH excluding ortho intramolecular Hbond substituents is 1. The number of carbonyl (C=O) groups is 1. The summed E-state index contributed by atoms with van der Waals surface area (Å²) in [5.74, 6) is 0.694. The smallest absolute Gasteiger partial charge is 0.260 e. The van der Waals surface area contributed by atoms with Crippen molar-refractivity contribution in [2.45, 2.75) is 25.5 Å². The molecule has 26 heavy (non-hydrogen) atoms. The molecule has 0 spiro atoms. The minimum absolute atomic E-state index is 0.0393. The Hall–Kier alpha value is -2.05. The lowest BCUT2D eigenvalue weighted by atomic mass is 10.1. The molecule has 0 saturated carbocycles. The zero-order valence-corrected chi connectivity index (χ0v) is 16.0. The molecule has 1 saturated heterocycles. The maximum absolute atomic E-state index is 12.7. The van der Waals surface area contributed by atoms with E-state index in [1.54, 1.807) is 17.0 Å². The maximum atomic E-state index is 12.7. The van der Waals surface area contributed by atoms with Gasteiger partial charge in [-0.25, -0.2) is 0 Å². The van der Waals surface area contributed by atoms with Crippen molar-refractivity contribution < 1.29 is 19.4 Å². The maximum Gasteiger partial charge on any atom is 0.260 e. The predicted molar refractivity (Wildman–Crippen MR) is 102 cm³/mol. The molecule has 0 aliphatic carbocycles. The average Bonchev–Trinajstić information content (AvgIpc) is 3.15. The molecule has 2 aromatic carbocycles. The van der Waals surface area contributed by atoms with Gasteiger partial charge in [-0.3, -0.25) is 4.79 Å². The molecule has 1 aliphatic heterocycles. The van der Waals surface area contributed by atoms with Crippen LogP contribution < -0.4 is 4.74 Å². The van der Waals surface area contributed by atoms with Gasteiger partial charge >= 0.3 is 0 Å². The number of benzene rings is 2. The summed E-state index contributed by atoms with van der Waals surface area (Å²) >= 11 is 3.37. The molecule has 138 valence electrons. The van der Waals surface area contributed by atoms with Crippen molar-refractivity contribution in [1.29, 1.82) is 0 Å². The second kappa shape index (κ2) is 9.05. The summed E-state index contributed by atoms with van der Waals surface area (Å²) in [5, 5.41) is 10.0. The second-order valence-electron chi connectivity index (χ2n) is 6.28. The van der Waals surface area contributed by atoms with E-state index in [0.717, 1.165) is 23.9 Å². The van der Waals surface area contributed by atoms with Gasteiger partial charge in [0.1, 0.15) is 11.5 Å². The van der Waals surface area contributed by atoms with Gasteiger partial charge in [-0.15, -0.1) is 0 Å². The Balaban J connectivity index is 1.65. The Morgan fingerprint density at radius 3 is 2.69 bits per heavy atom. The van der Waals surface area contributed by atoms with Crippen molar-refractivity contribution in [2.75, 3.05) is 19.8 Å². The molecule has 3 rings (SSSR count). The van der Waals surface area contributed by atoms with Crippen molar-refractivity contribution in [3.8, 4) is 11.5 Å². The minimum atomic E-state index is -0.133. The fourth-order valence-corrected chi connectivity index (χ4v) is 3.17. The number of hydrogen-bond donors (Lipinski definition) is 1. The number of aromatic hydroxyl groups is 1. The van der Waals surface area contributed by atoms with Crippen molar-refractivity contribution in [3.05, 3.63) is 58.6 Å². The highest BCUT2D eigenvalue weighted by atomic mass is 79.9. The molecule has 1 atom stereocenters. The van der Waals surface area contributed by atoms with Crippen molar-refractivity contribution in [2.24, 2.45) is 0 Å². The third-order valence-electron chi connectivity index (χ3n) is 4.33. The van der Waals surface area contributed by atoms with Crippen LogP contribution in [0.25, 0.3) is 0 Å². The number of amides is 1. The number of ether oxygens (including phenoxy) is 2. The summed E-state index contributed by atoms with van der Waals surface area (Å²) in [6.07, 6.45) is 1.99. The summed E-state index contributed by atoms with van der Waals surface area (Å²) in [7, 11) is 0. The summed E-state index contributed by atoms with van der Waals surface area (Å²) in [6, 6.07) is 14.4. The van der Waals surface area contributed by atoms with Crippen LogP contribution in [0.2, 0.25) is 0 Å². The lowest BCUT2D eigenvalue weighted by Crippen LogP contribution is -2.39. The highest BCUT2D eigenvalue weighted by Gasteiger charge is 2.23. The van der Waals surface area contributed by atoms with E-state index in [4.69, 9.17) is 9.47 Å². The normalized spacial score (nSPS) is 16.4. The molecule has 5 nitrogen and oxygen atoms in total. The van der Waals surface area contributed by atoms with E-state index < -0.39 is 0 Å². The average molecular weight is 420 g/mol. The standard InChI is InChI=1S/C20H22BrNO4/c21-16-7-9-17(10-8-16)26-14-20(24)22(13-18-5-3-11-25-18)12-15-4-1-2-6-19(15)23/h1-2,4,6-10,18,23H,3,5,11-14H2. The number of rotatable bonds is 7. The SMILES string of the molecule is O=C(COc1ccc(Br)cc1)N(Cc1ccccc1O)CC1CCCO1. The molecule has 2 aromatic rings. The molecular weight excluding hydrogens is 398 g/mol. The zero-order valence-electron chi connectivity index (χ0n) is 14.4. The quantitative estimate of drug-likeness (QED) is 0.742. The molecule has 1 amide bonds. The van der Waals surface area contributed by atoms with E-state index in [9.17, 15) is 9.90 Å². The molecule has 1 aliphatic rings. The van der Waals surface area contributed by atoms with Crippen LogP contribution in [0.4, 0.5) is 0 Å². The van der Waals surface area contributed by atoms with Gasteiger partial charge in [-0.1, -0.05) is 34.1 Å². The molecule has 6 heteroatoms. The van der Waals surface area contributed by atoms with Gasteiger partial charge in [0, 0.05) is 29.7 Å². The first-order valence-electron chi connectivity index (χ1n) is 8.66. The lowest BCUT2D eigenvalue weighted by Gasteiger charge is -2.26. The molecule has 0 aromatic heterocycles. The number of carbonyl (C=O) groups excluding carboxylic acids is 1. The first kappa shape index (κ1) is 18.7. The molecule has 0 bridgehead atoms. The molecular formula is C20H22BrNO4. The van der Waals surface area contributed by atoms with Crippen LogP contribution in [0.1, 0.15) is 18.4 Å². The van der Waals surface area contributed by atoms with E-state index in [-0.39, 0.29) is 24.4 Å². The van der Waals surface area contributed by atoms with Crippen LogP contribution in [0, 0.1) is 0 Å². The van der Waals surface area contributed by atoms with Crippen molar-refractivity contribution in [1.82, 2.24) is 4.90 Å². The summed E-state index contributed by atoms with van der Waals surface area (Å²) in [4.78, 5) is 14.4. The van der Waals surface area contributed by atoms with E-state index in [2.05, 4.69) is 15.9 Å². The molecule has 1 heterocycles. The van der Waals surface area contributed by atoms with Gasteiger partial charge in [0.25, 0.3) is 5.91 Å². The van der Waals surface area contributed by atoms with Gasteiger partial charge in [-0.2, -0.15) is 0 Å². The van der Waals surface area contributed by atoms with E-state index in [1.165, 1.54) is 0 Å². The second-order valence-corrected chi connectivity index (χ2v) is 7.20. The highest BCUT2D eigenvalue weighted by Crippen LogP contribution is 2.21. The monoisotopic (exact) mass is 419 g/mol. The number of halogens is 1. The lowest BCUT2D eigenvalue weighted by molar-refractivity contribution is -0.135. The Morgan fingerprint density at radius 1 is 1.23 bits per heavy atom. The van der Waals surface area contributed by atoms with Gasteiger partial charge in [0.2, 0.25) is 0 Å². The van der Waals surface area contributed by atoms with Crippen LogP contribution in [0.3, 0.4) is 0 Å². The first-order valence-corrected chi connectivity index (χ1v) is 9.46. The molecule has 1 N–H and O–H groups in total. The topological polar surface area (TPSA) is 59.0 Å². The Morgan fingerprint density at radius 2 is 2.00 bits per heavy atom. The largest absolute Gasteiger partial charge is 0.508 e. The number of hydrogen-bond acceptors (Lipinski definition) is 4. The van der Waals surface area contributed by atoms with Crippen LogP contribution >= 0.6 is 15.9 Å². The highest BCUT2D eigenvalue weighted by molar-refractivity contribution is 9.10. The van der Waals surface area contributed by atoms with Crippen LogP contribution in [0.5, 0.6) is 11.5 Å². The third kappa shape index (κ3) is 5.22. The van der Waals surface area contributed by atoms with E-state index >= 15 is 0 Å². The summed E-state index contributed by atoms with van der Waals surface area (Å²) < 4.78 is 12.3. The fourth-order valence-electron chi connectivity index (χ4n) is 2.91. The fraction of sp³-hybridized carbons (Fsp3) is 0.350. The third-order valence-corrected chi connectivity index (χ3v) is 4.86. The molecule has 0 radical (unpaired) electrons. The van der Waals surface area contributed by atoms with E-state index in [1.807, 2.05) is 36.4 Å². The van der Waals surface area contributed by atoms with Gasteiger partial charge < -0.3 is 19.5 Å². The number of phenols is 1. The Bertz CT molecular complexity index is 729. The predicted octanol–water partition coefficient (Wildman–Crippen LogP) is 3.74. The summed E-state index contributed by atoms with van der Waals surface area (Å²) in [5.41, 5.74) is 0.711. The van der Waals surface area contributed by atoms with Crippen LogP contribution in [-0.2, 0) is 16.1 Å². The van der Waals surface area contributed by atoms with Crippen molar-refractivity contribution >= 4 is 21.8 Å². The van der Waals surface area contributed by atoms with Crippen LogP contribution in [-0.4, -0.2) is 41.8 Å². The van der Waals surface area contributed by atoms with Crippen molar-refractivity contribution in [3.63, 3.8) is 0 Å². The van der Waals surface area contributed by atoms with Crippen LogP contribution in [0.15, 0.2) is 53.0 Å². The van der Waals surface area contributed by atoms with Gasteiger partial charge in [-0.05, 0) is 43.2 Å². The van der Waals surface area contributed by atoms with E-state index in [0.29, 0.717) is 24.4 Å². The van der Waals surface area contributed by atoms with Gasteiger partial charge in [0.05, 0.1) is 6.10 Å². The Labute approximate surface area is 161 Å². The first-order chi connectivity index (χ1) is 12.6. The molecule has 1 unspecified atom stereocenters.